The van der Waals surface area contributed by atoms with Gasteiger partial charge < -0.3 is 53.8 Å². The van der Waals surface area contributed by atoms with Crippen molar-refractivity contribution in [3.05, 3.63) is 166 Å². The highest BCUT2D eigenvalue weighted by molar-refractivity contribution is 5.97. The number of allylic oxidation sites excluding steroid dienone is 4. The van der Waals surface area contributed by atoms with Crippen LogP contribution in [0, 0.1) is 51.8 Å². The van der Waals surface area contributed by atoms with Gasteiger partial charge in [0.1, 0.15) is 36.1 Å². The quantitative estimate of drug-likeness (QED) is 0.0465. The Hall–Kier alpha value is -7.84. The zero-order valence-electron chi connectivity index (χ0n) is 57.7. The van der Waals surface area contributed by atoms with Gasteiger partial charge in [-0.2, -0.15) is 0 Å². The first kappa shape index (κ1) is 71.4. The SMILES string of the molecule is C=C1/C(=C\C=C2/CCC[C@@]3(C)C2CCC3[C@@H](C)/C=C/C(OC(=O)CCC(=O)OC2CC3OCC3(OC(C)=O)C3C(OC(=O)c4ccccc4)C4(O)CC(OC(=O)C(O)C(NC(=O)c5ccccc5)c5ccccc5)C(C)=C(C(OC(C)=O)C(=O)C23C)C4(C)C)C2CC2)C[C@@H](C)C[C@@H]1O. The van der Waals surface area contributed by atoms with Gasteiger partial charge in [0, 0.05) is 37.7 Å². The lowest BCUT2D eigenvalue weighted by atomic mass is 9.44. The fraction of sp³-hybridized carbons (Fsp3) is 0.544. The van der Waals surface area contributed by atoms with Gasteiger partial charge in [-0.15, -0.1) is 0 Å². The number of aliphatic hydroxyl groups is 3. The van der Waals surface area contributed by atoms with Crippen molar-refractivity contribution in [3.8, 4) is 0 Å². The zero-order chi connectivity index (χ0) is 70.4. The molecule has 19 heteroatoms. The number of fused-ring (bicyclic) bond motifs is 6. The van der Waals surface area contributed by atoms with Gasteiger partial charge in [0.05, 0.1) is 48.5 Å². The second-order valence-corrected chi connectivity index (χ2v) is 30.0. The molecule has 8 aliphatic rings. The maximum atomic E-state index is 16.6. The molecule has 7 aliphatic carbocycles. The van der Waals surface area contributed by atoms with Gasteiger partial charge in [-0.25, -0.2) is 9.59 Å². The first-order chi connectivity index (χ1) is 46.5. The van der Waals surface area contributed by atoms with E-state index < -0.39 is 156 Å². The van der Waals surface area contributed by atoms with E-state index in [1.807, 2.05) is 6.08 Å². The fourth-order valence-electron chi connectivity index (χ4n) is 18.0. The Morgan fingerprint density at radius 1 is 0.796 bits per heavy atom. The van der Waals surface area contributed by atoms with Gasteiger partial charge >= 0.3 is 35.8 Å². The molecule has 11 rings (SSSR count). The highest BCUT2D eigenvalue weighted by Gasteiger charge is 2.79. The molecule has 0 aromatic heterocycles. The van der Waals surface area contributed by atoms with Gasteiger partial charge in [-0.1, -0.05) is 132 Å². The summed E-state index contributed by atoms with van der Waals surface area (Å²) >= 11 is 0. The molecule has 19 nitrogen and oxygen atoms in total. The average Bonchev–Trinajstić information content (AvgIpc) is 0.848. The van der Waals surface area contributed by atoms with Gasteiger partial charge in [0.2, 0.25) is 0 Å². The molecule has 3 aromatic carbocycles. The molecule has 2 bridgehead atoms. The van der Waals surface area contributed by atoms with E-state index in [0.29, 0.717) is 23.3 Å². The van der Waals surface area contributed by atoms with E-state index in [-0.39, 0.29) is 45.9 Å². The summed E-state index contributed by atoms with van der Waals surface area (Å²) in [5.41, 5.74) is -4.41. The van der Waals surface area contributed by atoms with Crippen molar-refractivity contribution in [3.63, 3.8) is 0 Å². The van der Waals surface area contributed by atoms with Crippen LogP contribution in [0.5, 0.6) is 0 Å². The van der Waals surface area contributed by atoms with Crippen LogP contribution in [0.3, 0.4) is 0 Å². The first-order valence-corrected chi connectivity index (χ1v) is 34.9. The Bertz CT molecular complexity index is 3700. The monoisotopic (exact) mass is 1350 g/mol. The normalized spacial score (nSPS) is 33.8. The topological polar surface area (TPSA) is 274 Å². The smallest absolute Gasteiger partial charge is 0.338 e. The molecule has 7 fully saturated rings. The minimum Gasteiger partial charge on any atom is -0.461 e. The molecule has 0 radical (unpaired) electrons. The minimum absolute atomic E-state index is 0.0131. The van der Waals surface area contributed by atoms with Crippen LogP contribution >= 0.6 is 0 Å². The van der Waals surface area contributed by atoms with Gasteiger partial charge in [-0.3, -0.25) is 28.8 Å². The lowest BCUT2D eigenvalue weighted by Gasteiger charge is -2.67. The summed E-state index contributed by atoms with van der Waals surface area (Å²) in [6, 6.07) is 22.8. The third-order valence-corrected chi connectivity index (χ3v) is 23.4. The summed E-state index contributed by atoms with van der Waals surface area (Å²) in [7, 11) is 0. The summed E-state index contributed by atoms with van der Waals surface area (Å²) in [6.45, 7) is 18.9. The van der Waals surface area contributed by atoms with Crippen LogP contribution in [0.25, 0.3) is 0 Å². The number of aliphatic hydroxyl groups excluding tert-OH is 2. The molecule has 524 valence electrons. The predicted octanol–water partition coefficient (Wildman–Crippen LogP) is 11.0. The largest absolute Gasteiger partial charge is 0.461 e. The Morgan fingerprint density at radius 3 is 2.08 bits per heavy atom. The Morgan fingerprint density at radius 2 is 1.45 bits per heavy atom. The van der Waals surface area contributed by atoms with E-state index in [9.17, 15) is 48.9 Å². The van der Waals surface area contributed by atoms with E-state index in [4.69, 9.17) is 33.2 Å². The number of carbonyl (C=O) groups is 8. The second-order valence-electron chi connectivity index (χ2n) is 30.0. The number of ether oxygens (including phenoxy) is 7. The molecule has 98 heavy (non-hydrogen) atoms. The molecular weight excluding hydrogens is 1250 g/mol. The summed E-state index contributed by atoms with van der Waals surface area (Å²) in [5, 5.41) is 39.8. The predicted molar refractivity (Wildman–Crippen MR) is 360 cm³/mol. The van der Waals surface area contributed by atoms with Crippen LogP contribution in [-0.2, 0) is 61.9 Å². The van der Waals surface area contributed by atoms with Crippen molar-refractivity contribution in [2.75, 3.05) is 6.61 Å². The van der Waals surface area contributed by atoms with Gasteiger partial charge in [0.25, 0.3) is 5.91 Å². The van der Waals surface area contributed by atoms with Crippen LogP contribution in [0.15, 0.2) is 150 Å². The maximum Gasteiger partial charge on any atom is 0.338 e. The van der Waals surface area contributed by atoms with Crippen molar-refractivity contribution < 1.29 is 86.8 Å². The molecular formula is C79H95NO18. The van der Waals surface area contributed by atoms with E-state index in [2.05, 4.69) is 50.9 Å². The molecule has 1 saturated heterocycles. The molecule has 1 aliphatic heterocycles. The third-order valence-electron chi connectivity index (χ3n) is 23.4. The maximum absolute atomic E-state index is 16.6. The highest BCUT2D eigenvalue weighted by atomic mass is 16.6. The van der Waals surface area contributed by atoms with E-state index >= 15 is 4.79 Å². The number of nitrogens with one attached hydrogen (secondary N) is 1. The van der Waals surface area contributed by atoms with Crippen molar-refractivity contribution in [2.45, 2.75) is 212 Å². The summed E-state index contributed by atoms with van der Waals surface area (Å²) in [6.07, 6.45) is 4.15. The second kappa shape index (κ2) is 28.4. The lowest BCUT2D eigenvalue weighted by molar-refractivity contribution is -0.346. The number of amides is 1. The number of hydrogen-bond donors (Lipinski definition) is 4. The van der Waals surface area contributed by atoms with Crippen LogP contribution in [0.2, 0.25) is 0 Å². The molecule has 4 N–H and O–H groups in total. The summed E-state index contributed by atoms with van der Waals surface area (Å²) < 4.78 is 44.2. The number of esters is 6. The molecule has 14 unspecified atom stereocenters. The molecule has 3 aromatic rings. The van der Waals surface area contributed by atoms with E-state index in [1.165, 1.54) is 31.6 Å². The number of hydrogen-bond acceptors (Lipinski definition) is 18. The molecule has 6 saturated carbocycles. The highest BCUT2D eigenvalue weighted by Crippen LogP contribution is 2.66. The number of ketones is 1. The van der Waals surface area contributed by atoms with Crippen LogP contribution < -0.4 is 5.32 Å². The van der Waals surface area contributed by atoms with Crippen molar-refractivity contribution in [1.82, 2.24) is 5.32 Å². The van der Waals surface area contributed by atoms with Crippen molar-refractivity contribution in [1.29, 1.82) is 0 Å². The van der Waals surface area contributed by atoms with Crippen molar-refractivity contribution in [2.24, 2.45) is 51.8 Å². The third kappa shape index (κ3) is 13.7. The lowest BCUT2D eigenvalue weighted by Crippen LogP contribution is -2.82. The van der Waals surface area contributed by atoms with Crippen molar-refractivity contribution >= 4 is 47.5 Å². The standard InChI is InChI=1S/C79H95NO18/c1-44-39-55(46(3)58(83)40-44)32-29-50-27-20-38-76(9)56(33-34-57(50)76)45(2)28-35-59(51-30-31-51)94-63(84)36-37-64(85)96-61-41-62-78(43-92-62,98-49(6)82)69-71(97-73(89)54-25-18-13-19-26-54)79(91)42-60(47(4)65(75(79,7)8)68(93-48(5)81)70(87)77(61,69)10)95-74(90)67(86)66(52-21-14-11-15-22-52)80-72(88)53-23-16-12-17-24-53/h11-19,21-26,28-29,32,35,44-45,51,56-62,66-69,71,83,86,91H,3,20,27,30-31,33-34,36-43H2,1-2,4-10H3,(H,80,88)/b35-28+,50-29+,55-32-/t44-,45+,56?,57?,58+,59?,60?,61?,62?,66?,67?,68?,69?,71?,76-,77?,78?,79?/m1/s1. The zero-order valence-corrected chi connectivity index (χ0v) is 57.7. The first-order valence-electron chi connectivity index (χ1n) is 34.9. The van der Waals surface area contributed by atoms with Gasteiger partial charge in [0.15, 0.2) is 23.6 Å². The molecule has 1 heterocycles. The number of carbonyl (C=O) groups excluding carboxylic acids is 8. The summed E-state index contributed by atoms with van der Waals surface area (Å²) in [4.78, 5) is 116. The number of benzene rings is 3. The van der Waals surface area contributed by atoms with Crippen LogP contribution in [-0.4, -0.2) is 129 Å². The number of Topliss-reactive ketones (excluding diaryl/α,β-unsaturated/α-hetero) is 1. The molecule has 0 spiro atoms. The average molecular weight is 1350 g/mol. The van der Waals surface area contributed by atoms with Crippen LogP contribution in [0.1, 0.15) is 178 Å². The summed E-state index contributed by atoms with van der Waals surface area (Å²) in [5.74, 6) is -7.43. The van der Waals surface area contributed by atoms with Gasteiger partial charge in [-0.05, 0) is 165 Å². The Balaban J connectivity index is 0.878. The Labute approximate surface area is 573 Å². The van der Waals surface area contributed by atoms with E-state index in [0.717, 1.165) is 82.8 Å². The minimum atomic E-state index is -2.54. The fourth-order valence-corrected chi connectivity index (χ4v) is 18.0. The van der Waals surface area contributed by atoms with E-state index in [1.54, 1.807) is 92.7 Å². The molecule has 1 amide bonds. The van der Waals surface area contributed by atoms with Crippen LogP contribution in [0.4, 0.5) is 0 Å². The number of rotatable bonds is 20. The molecule has 18 atom stereocenters. The Kier molecular flexibility index (Phi) is 20.7.